The highest BCUT2D eigenvalue weighted by molar-refractivity contribution is 5.61. The molecule has 1 aliphatic heterocycles. The van der Waals surface area contributed by atoms with Crippen LogP contribution in [0.25, 0.3) is 0 Å². The molecule has 0 bridgehead atoms. The van der Waals surface area contributed by atoms with Gasteiger partial charge in [-0.3, -0.25) is 0 Å². The third kappa shape index (κ3) is 3.52. The first-order chi connectivity index (χ1) is 10.2. The van der Waals surface area contributed by atoms with Crippen LogP contribution in [0.1, 0.15) is 58.1 Å². The minimum atomic E-state index is 0.306. The molecule has 0 aromatic heterocycles. The second kappa shape index (κ2) is 7.69. The largest absolute Gasteiger partial charge is 0.496 e. The molecule has 2 atom stereocenters. The summed E-state index contributed by atoms with van der Waals surface area (Å²) in [6, 6.07) is 7.44. The second-order valence-electron chi connectivity index (χ2n) is 5.92. The quantitative estimate of drug-likeness (QED) is 0.852. The summed E-state index contributed by atoms with van der Waals surface area (Å²) in [5.74, 6) is 1.00. The number of hydrogen-bond donors (Lipinski definition) is 1. The second-order valence-corrected chi connectivity index (χ2v) is 5.92. The lowest BCUT2D eigenvalue weighted by molar-refractivity contribution is 0.399. The van der Waals surface area contributed by atoms with Gasteiger partial charge < -0.3 is 15.0 Å². The van der Waals surface area contributed by atoms with Gasteiger partial charge >= 0.3 is 0 Å². The van der Waals surface area contributed by atoms with Crippen LogP contribution in [-0.4, -0.2) is 26.2 Å². The van der Waals surface area contributed by atoms with E-state index in [-0.39, 0.29) is 0 Å². The molecule has 1 heterocycles. The number of nitrogens with zero attached hydrogens (tertiary/aromatic N) is 1. The Kier molecular flexibility index (Phi) is 5.92. The molecular formula is C18H30N2O. The maximum absolute atomic E-state index is 5.65. The van der Waals surface area contributed by atoms with E-state index < -0.39 is 0 Å². The average molecular weight is 290 g/mol. The predicted octanol–water partition coefficient (Wildman–Crippen LogP) is 4.13. The SMILES string of the molecule is CCNC(C)c1c(OC)cccc1N1CCCCC1CC. The molecule has 3 heteroatoms. The highest BCUT2D eigenvalue weighted by atomic mass is 16.5. The number of ether oxygens (including phenoxy) is 1. The number of benzene rings is 1. The third-order valence-corrected chi connectivity index (χ3v) is 4.61. The fourth-order valence-corrected chi connectivity index (χ4v) is 3.55. The Morgan fingerprint density at radius 1 is 1.33 bits per heavy atom. The van der Waals surface area contributed by atoms with Crippen molar-refractivity contribution in [1.82, 2.24) is 5.32 Å². The first kappa shape index (κ1) is 16.2. The van der Waals surface area contributed by atoms with Gasteiger partial charge in [-0.05, 0) is 51.3 Å². The summed E-state index contributed by atoms with van der Waals surface area (Å²) in [7, 11) is 1.77. The van der Waals surface area contributed by atoms with Crippen molar-refractivity contribution in [2.45, 2.75) is 58.5 Å². The van der Waals surface area contributed by atoms with Crippen LogP contribution in [0.2, 0.25) is 0 Å². The van der Waals surface area contributed by atoms with Crippen LogP contribution in [0, 0.1) is 0 Å². The maximum Gasteiger partial charge on any atom is 0.125 e. The van der Waals surface area contributed by atoms with Gasteiger partial charge in [0.15, 0.2) is 0 Å². The Morgan fingerprint density at radius 3 is 2.81 bits per heavy atom. The highest BCUT2D eigenvalue weighted by Crippen LogP contribution is 2.37. The van der Waals surface area contributed by atoms with Gasteiger partial charge in [0.2, 0.25) is 0 Å². The minimum Gasteiger partial charge on any atom is -0.496 e. The van der Waals surface area contributed by atoms with Crippen LogP contribution < -0.4 is 15.0 Å². The smallest absolute Gasteiger partial charge is 0.125 e. The molecule has 0 amide bonds. The fraction of sp³-hybridized carbons (Fsp3) is 0.667. The third-order valence-electron chi connectivity index (χ3n) is 4.61. The van der Waals surface area contributed by atoms with Gasteiger partial charge in [0, 0.05) is 29.9 Å². The highest BCUT2D eigenvalue weighted by Gasteiger charge is 2.26. The number of methoxy groups -OCH3 is 1. The topological polar surface area (TPSA) is 24.5 Å². The molecule has 1 aliphatic rings. The number of piperidine rings is 1. The number of anilines is 1. The lowest BCUT2D eigenvalue weighted by Gasteiger charge is -2.39. The predicted molar refractivity (Wildman–Crippen MR) is 90.4 cm³/mol. The van der Waals surface area contributed by atoms with Crippen molar-refractivity contribution in [3.8, 4) is 5.75 Å². The van der Waals surface area contributed by atoms with E-state index in [9.17, 15) is 0 Å². The molecule has 0 radical (unpaired) electrons. The van der Waals surface area contributed by atoms with Gasteiger partial charge in [0.05, 0.1) is 7.11 Å². The number of hydrogen-bond acceptors (Lipinski definition) is 3. The molecule has 21 heavy (non-hydrogen) atoms. The van der Waals surface area contributed by atoms with Crippen molar-refractivity contribution in [2.75, 3.05) is 25.1 Å². The summed E-state index contributed by atoms with van der Waals surface area (Å²) in [6.45, 7) is 8.82. The fourth-order valence-electron chi connectivity index (χ4n) is 3.55. The van der Waals surface area contributed by atoms with Gasteiger partial charge in [0.25, 0.3) is 0 Å². The van der Waals surface area contributed by atoms with Crippen molar-refractivity contribution in [1.29, 1.82) is 0 Å². The zero-order valence-electron chi connectivity index (χ0n) is 14.0. The van der Waals surface area contributed by atoms with Crippen molar-refractivity contribution < 1.29 is 4.74 Å². The van der Waals surface area contributed by atoms with Crippen molar-refractivity contribution in [2.24, 2.45) is 0 Å². The number of nitrogens with one attached hydrogen (secondary N) is 1. The Balaban J connectivity index is 2.41. The molecule has 1 aromatic rings. The van der Waals surface area contributed by atoms with Gasteiger partial charge in [-0.15, -0.1) is 0 Å². The molecule has 0 spiro atoms. The molecule has 3 nitrogen and oxygen atoms in total. The summed E-state index contributed by atoms with van der Waals surface area (Å²) < 4.78 is 5.65. The maximum atomic E-state index is 5.65. The molecule has 0 saturated carbocycles. The monoisotopic (exact) mass is 290 g/mol. The molecule has 1 aromatic carbocycles. The van der Waals surface area contributed by atoms with Crippen molar-refractivity contribution >= 4 is 5.69 Å². The summed E-state index contributed by atoms with van der Waals surface area (Å²) in [6.07, 6.45) is 5.18. The lowest BCUT2D eigenvalue weighted by Crippen LogP contribution is -2.40. The Hall–Kier alpha value is -1.22. The van der Waals surface area contributed by atoms with Crippen LogP contribution in [-0.2, 0) is 0 Å². The Bertz CT molecular complexity index is 447. The molecule has 1 saturated heterocycles. The zero-order chi connectivity index (χ0) is 15.2. The van der Waals surface area contributed by atoms with Gasteiger partial charge in [0.1, 0.15) is 5.75 Å². The first-order valence-corrected chi connectivity index (χ1v) is 8.39. The normalized spacial score (nSPS) is 20.4. The molecule has 2 rings (SSSR count). The van der Waals surface area contributed by atoms with E-state index in [2.05, 4.69) is 49.2 Å². The summed E-state index contributed by atoms with van der Waals surface area (Å²) >= 11 is 0. The van der Waals surface area contributed by atoms with E-state index in [4.69, 9.17) is 4.74 Å². The van der Waals surface area contributed by atoms with E-state index in [1.807, 2.05) is 0 Å². The van der Waals surface area contributed by atoms with Gasteiger partial charge in [-0.2, -0.15) is 0 Å². The molecule has 1 fully saturated rings. The minimum absolute atomic E-state index is 0.306. The summed E-state index contributed by atoms with van der Waals surface area (Å²) in [5, 5.41) is 3.54. The van der Waals surface area contributed by atoms with Crippen LogP contribution in [0.5, 0.6) is 5.75 Å². The Labute approximate surface area is 129 Å². The summed E-state index contributed by atoms with van der Waals surface area (Å²) in [5.41, 5.74) is 2.66. The van der Waals surface area contributed by atoms with E-state index in [1.165, 1.54) is 36.9 Å². The molecular weight excluding hydrogens is 260 g/mol. The standard InChI is InChI=1S/C18H30N2O/c1-5-15-10-7-8-13-20(15)16-11-9-12-17(21-4)18(16)14(3)19-6-2/h9,11-12,14-15,19H,5-8,10,13H2,1-4H3. The van der Waals surface area contributed by atoms with Crippen molar-refractivity contribution in [3.63, 3.8) is 0 Å². The van der Waals surface area contributed by atoms with Gasteiger partial charge in [-0.25, -0.2) is 0 Å². The molecule has 1 N–H and O–H groups in total. The van der Waals surface area contributed by atoms with E-state index >= 15 is 0 Å². The average Bonchev–Trinajstić information content (AvgIpc) is 2.54. The van der Waals surface area contributed by atoms with Gasteiger partial charge in [-0.1, -0.05) is 19.9 Å². The molecule has 0 aliphatic carbocycles. The zero-order valence-corrected chi connectivity index (χ0v) is 14.0. The van der Waals surface area contributed by atoms with E-state index in [1.54, 1.807) is 7.11 Å². The van der Waals surface area contributed by atoms with Crippen LogP contribution in [0.15, 0.2) is 18.2 Å². The lowest BCUT2D eigenvalue weighted by atomic mass is 9.96. The van der Waals surface area contributed by atoms with Crippen LogP contribution in [0.3, 0.4) is 0 Å². The van der Waals surface area contributed by atoms with E-state index in [0.29, 0.717) is 12.1 Å². The van der Waals surface area contributed by atoms with E-state index in [0.717, 1.165) is 18.8 Å². The number of rotatable bonds is 6. The van der Waals surface area contributed by atoms with Crippen LogP contribution in [0.4, 0.5) is 5.69 Å². The molecule has 118 valence electrons. The van der Waals surface area contributed by atoms with Crippen molar-refractivity contribution in [3.05, 3.63) is 23.8 Å². The Morgan fingerprint density at radius 2 is 2.14 bits per heavy atom. The first-order valence-electron chi connectivity index (χ1n) is 8.39. The summed E-state index contributed by atoms with van der Waals surface area (Å²) in [4.78, 5) is 2.61. The van der Waals surface area contributed by atoms with Crippen LogP contribution >= 0.6 is 0 Å². The molecule has 2 unspecified atom stereocenters.